The van der Waals surface area contributed by atoms with E-state index in [9.17, 15) is 0 Å². The Morgan fingerprint density at radius 2 is 1.65 bits per heavy atom. The van der Waals surface area contributed by atoms with Crippen LogP contribution in [0.15, 0.2) is 24.3 Å². The maximum Gasteiger partial charge on any atom is 0.0205 e. The summed E-state index contributed by atoms with van der Waals surface area (Å²) in [6, 6.07) is 8.69. The van der Waals surface area contributed by atoms with Crippen molar-refractivity contribution >= 4 is 0 Å². The maximum absolute atomic E-state index is 5.50. The molecule has 2 nitrogen and oxygen atoms in total. The molecule has 0 fully saturated rings. The lowest BCUT2D eigenvalue weighted by molar-refractivity contribution is 0.552. The lowest BCUT2D eigenvalue weighted by Crippen LogP contribution is -2.18. The molecule has 1 aromatic rings. The van der Waals surface area contributed by atoms with Gasteiger partial charge < -0.3 is 11.1 Å². The molecular formula is C15H32N2. The molecule has 3 N–H and O–H groups in total. The number of rotatable bonds is 6. The molecule has 0 spiro atoms. The van der Waals surface area contributed by atoms with Gasteiger partial charge in [0, 0.05) is 9.40 Å². The lowest BCUT2D eigenvalue weighted by atomic mass is 10.1. The molecule has 2 heteroatoms. The minimum absolute atomic E-state index is 0. The highest BCUT2D eigenvalue weighted by atomic mass is 14.8. The third-order valence-electron chi connectivity index (χ3n) is 2.34. The molecule has 1 aromatic carbocycles. The van der Waals surface area contributed by atoms with E-state index in [2.05, 4.69) is 43.4 Å². The normalized spacial score (nSPS) is 10.0. The predicted molar refractivity (Wildman–Crippen MR) is 81.3 cm³/mol. The highest BCUT2D eigenvalue weighted by molar-refractivity contribution is 5.22. The molecule has 0 amide bonds. The van der Waals surface area contributed by atoms with Crippen molar-refractivity contribution in [1.29, 1.82) is 0 Å². The molecule has 0 radical (unpaired) electrons. The van der Waals surface area contributed by atoms with Crippen molar-refractivity contribution in [2.24, 2.45) is 11.7 Å². The van der Waals surface area contributed by atoms with E-state index in [4.69, 9.17) is 5.73 Å². The number of benzene rings is 1. The van der Waals surface area contributed by atoms with Crippen LogP contribution in [0.3, 0.4) is 0 Å². The minimum Gasteiger partial charge on any atom is -0.330 e. The van der Waals surface area contributed by atoms with E-state index < -0.39 is 0 Å². The predicted octanol–water partition coefficient (Wildman–Crippen LogP) is 3.45. The van der Waals surface area contributed by atoms with Gasteiger partial charge >= 0.3 is 0 Å². The number of nitrogens with one attached hydrogen (secondary N) is 1. The van der Waals surface area contributed by atoms with Gasteiger partial charge in [-0.15, -0.1) is 0 Å². The van der Waals surface area contributed by atoms with Crippen molar-refractivity contribution < 1.29 is 2.85 Å². The zero-order valence-electron chi connectivity index (χ0n) is 11.8. The van der Waals surface area contributed by atoms with Gasteiger partial charge in [0.15, 0.2) is 0 Å². The first-order chi connectivity index (χ1) is 8.22. The summed E-state index contributed by atoms with van der Waals surface area (Å²) in [5.41, 5.74) is 8.17. The van der Waals surface area contributed by atoms with Crippen LogP contribution in [-0.2, 0) is 13.0 Å². The number of nitrogens with two attached hydrogens (primary N) is 1. The summed E-state index contributed by atoms with van der Waals surface area (Å²) in [6.07, 6.45) is 0.972. The first-order valence-corrected chi connectivity index (χ1v) is 6.71. The van der Waals surface area contributed by atoms with E-state index in [1.54, 1.807) is 0 Å². The van der Waals surface area contributed by atoms with Gasteiger partial charge in [-0.3, -0.25) is 0 Å². The Hall–Kier alpha value is -0.860. The second-order valence-electron chi connectivity index (χ2n) is 4.38. The van der Waals surface area contributed by atoms with Crippen LogP contribution in [0.1, 0.15) is 41.7 Å². The second-order valence-corrected chi connectivity index (χ2v) is 4.38. The van der Waals surface area contributed by atoms with Gasteiger partial charge in [-0.2, -0.15) is 0 Å². The van der Waals surface area contributed by atoms with Crippen LogP contribution in [0.25, 0.3) is 0 Å². The summed E-state index contributed by atoms with van der Waals surface area (Å²) in [4.78, 5) is 0. The molecule has 0 aromatic heterocycles. The van der Waals surface area contributed by atoms with Gasteiger partial charge in [-0.1, -0.05) is 52.0 Å². The van der Waals surface area contributed by atoms with Crippen LogP contribution in [-0.4, -0.2) is 13.1 Å². The first kappa shape index (κ1) is 16.1. The van der Waals surface area contributed by atoms with E-state index in [-0.39, 0.29) is 2.85 Å². The van der Waals surface area contributed by atoms with Crippen LogP contribution >= 0.6 is 0 Å². The quantitative estimate of drug-likeness (QED) is 0.799. The number of hydrogen-bond acceptors (Lipinski definition) is 2. The summed E-state index contributed by atoms with van der Waals surface area (Å²) < 4.78 is 0. The average molecular weight is 240 g/mol. The molecule has 0 bridgehead atoms. The fraction of sp³-hybridized carbons (Fsp3) is 0.600. The van der Waals surface area contributed by atoms with E-state index in [0.717, 1.165) is 26.1 Å². The molecule has 0 aliphatic heterocycles. The van der Waals surface area contributed by atoms with Gasteiger partial charge in [0.1, 0.15) is 0 Å². The van der Waals surface area contributed by atoms with Crippen LogP contribution in [0.5, 0.6) is 0 Å². The van der Waals surface area contributed by atoms with Crippen LogP contribution in [0.2, 0.25) is 0 Å². The largest absolute Gasteiger partial charge is 0.330 e. The molecule has 0 saturated carbocycles. The third kappa shape index (κ3) is 7.94. The van der Waals surface area contributed by atoms with Crippen molar-refractivity contribution in [2.75, 3.05) is 13.1 Å². The Labute approximate surface area is 110 Å². The molecule has 0 heterocycles. The second kappa shape index (κ2) is 10.3. The van der Waals surface area contributed by atoms with E-state index in [1.807, 2.05) is 13.8 Å². The van der Waals surface area contributed by atoms with E-state index in [0.29, 0.717) is 5.92 Å². The first-order valence-electron chi connectivity index (χ1n) is 6.71. The Kier molecular flexibility index (Phi) is 9.78. The Bertz CT molecular complexity index is 274. The maximum atomic E-state index is 5.50. The summed E-state index contributed by atoms with van der Waals surface area (Å²) in [7, 11) is 0. The smallest absolute Gasteiger partial charge is 0.0205 e. The van der Waals surface area contributed by atoms with E-state index in [1.165, 1.54) is 11.1 Å². The monoisotopic (exact) mass is 240 g/mol. The van der Waals surface area contributed by atoms with Gasteiger partial charge in [0.2, 0.25) is 0 Å². The van der Waals surface area contributed by atoms with Crippen LogP contribution in [0, 0.1) is 5.92 Å². The zero-order valence-corrected chi connectivity index (χ0v) is 11.8. The summed E-state index contributed by atoms with van der Waals surface area (Å²) in [5.74, 6) is 0.710. The van der Waals surface area contributed by atoms with Gasteiger partial charge in [-0.05, 0) is 36.6 Å². The molecule has 0 saturated heterocycles. The topological polar surface area (TPSA) is 38.0 Å². The molecule has 17 heavy (non-hydrogen) atoms. The fourth-order valence-electron chi connectivity index (χ4n) is 1.50. The summed E-state index contributed by atoms with van der Waals surface area (Å²) >= 11 is 0. The minimum atomic E-state index is 0. The Morgan fingerprint density at radius 3 is 2.12 bits per heavy atom. The standard InChI is InChI=1S/C13H22N2.C2H6.2H2/c1-11(2)9-15-10-13-5-3-12(4-6-13)7-8-14;1-2;;/h3-6,11,15H,7-10,14H2,1-2H3;1-2H3;2*1H. The SMILES string of the molecule is CC.CC(C)CNCc1ccc(CCN)cc1.[HH].[HH]. The van der Waals surface area contributed by atoms with Crippen molar-refractivity contribution in [3.63, 3.8) is 0 Å². The molecule has 0 aliphatic rings. The zero-order chi connectivity index (χ0) is 13.1. The van der Waals surface area contributed by atoms with Gasteiger partial charge in [-0.25, -0.2) is 0 Å². The molecule has 1 rings (SSSR count). The number of hydrogen-bond donors (Lipinski definition) is 2. The molecule has 0 unspecified atom stereocenters. The van der Waals surface area contributed by atoms with Crippen molar-refractivity contribution in [1.82, 2.24) is 5.32 Å². The highest BCUT2D eigenvalue weighted by Crippen LogP contribution is 2.04. The molecular weight excluding hydrogens is 208 g/mol. The third-order valence-corrected chi connectivity index (χ3v) is 2.34. The van der Waals surface area contributed by atoms with Crippen molar-refractivity contribution in [3.05, 3.63) is 35.4 Å². The fourth-order valence-corrected chi connectivity index (χ4v) is 1.50. The lowest BCUT2D eigenvalue weighted by Gasteiger charge is -2.07. The Balaban J connectivity index is -0.000000609. The molecule has 0 atom stereocenters. The van der Waals surface area contributed by atoms with Crippen molar-refractivity contribution in [3.8, 4) is 0 Å². The van der Waals surface area contributed by atoms with E-state index >= 15 is 0 Å². The average Bonchev–Trinajstić information content (AvgIpc) is 2.34. The summed E-state index contributed by atoms with van der Waals surface area (Å²) in [6.45, 7) is 11.2. The van der Waals surface area contributed by atoms with Crippen LogP contribution < -0.4 is 11.1 Å². The van der Waals surface area contributed by atoms with Gasteiger partial charge in [0.25, 0.3) is 0 Å². The van der Waals surface area contributed by atoms with Crippen LogP contribution in [0.4, 0.5) is 0 Å². The molecule has 102 valence electrons. The Morgan fingerprint density at radius 1 is 1.12 bits per heavy atom. The summed E-state index contributed by atoms with van der Waals surface area (Å²) in [5, 5.41) is 3.43. The highest BCUT2D eigenvalue weighted by Gasteiger charge is 1.95. The van der Waals surface area contributed by atoms with Crippen molar-refractivity contribution in [2.45, 2.75) is 40.7 Å². The van der Waals surface area contributed by atoms with Gasteiger partial charge in [0.05, 0.1) is 0 Å². The molecule has 0 aliphatic carbocycles.